The highest BCUT2D eigenvalue weighted by molar-refractivity contribution is 5.33. The number of hydrogen-bond acceptors (Lipinski definition) is 4. The summed E-state index contributed by atoms with van der Waals surface area (Å²) in [6.07, 6.45) is 2.26. The summed E-state index contributed by atoms with van der Waals surface area (Å²) in [5, 5.41) is 3.12. The number of aromatic nitrogens is 2. The van der Waals surface area contributed by atoms with Gasteiger partial charge >= 0.3 is 0 Å². The van der Waals surface area contributed by atoms with E-state index in [0.29, 0.717) is 36.7 Å². The first-order valence-corrected chi connectivity index (χ1v) is 5.79. The Balaban J connectivity index is 1.90. The van der Waals surface area contributed by atoms with Gasteiger partial charge in [0.25, 0.3) is 0 Å². The van der Waals surface area contributed by atoms with Gasteiger partial charge in [0.2, 0.25) is 0 Å². The van der Waals surface area contributed by atoms with Crippen molar-refractivity contribution in [3.8, 4) is 0 Å². The number of nitrogens with two attached hydrogens (primary N) is 1. The summed E-state index contributed by atoms with van der Waals surface area (Å²) in [7, 11) is 0. The van der Waals surface area contributed by atoms with Gasteiger partial charge in [0.15, 0.2) is 0 Å². The van der Waals surface area contributed by atoms with E-state index in [-0.39, 0.29) is 5.82 Å². The minimum Gasteiger partial charge on any atom is -0.370 e. The molecule has 0 fully saturated rings. The highest BCUT2D eigenvalue weighted by Crippen LogP contribution is 2.08. The van der Waals surface area contributed by atoms with E-state index >= 15 is 0 Å². The van der Waals surface area contributed by atoms with E-state index in [1.54, 1.807) is 24.4 Å². The third-order valence-electron chi connectivity index (χ3n) is 2.55. The number of halogens is 1. The third-order valence-corrected chi connectivity index (χ3v) is 2.55. The number of benzene rings is 1. The maximum Gasteiger partial charge on any atom is 0.144 e. The molecule has 5 heteroatoms. The summed E-state index contributed by atoms with van der Waals surface area (Å²) < 4.78 is 13.4. The van der Waals surface area contributed by atoms with Gasteiger partial charge in [0.1, 0.15) is 17.5 Å². The van der Waals surface area contributed by atoms with Crippen molar-refractivity contribution >= 4 is 5.82 Å². The summed E-state index contributed by atoms with van der Waals surface area (Å²) in [4.78, 5) is 8.21. The fourth-order valence-corrected chi connectivity index (χ4v) is 1.62. The average Bonchev–Trinajstić information content (AvgIpc) is 2.41. The molecule has 0 aliphatic carbocycles. The lowest BCUT2D eigenvalue weighted by Crippen LogP contribution is -2.10. The molecule has 4 nitrogen and oxygen atoms in total. The van der Waals surface area contributed by atoms with Gasteiger partial charge in [-0.25, -0.2) is 14.4 Å². The molecule has 0 radical (unpaired) electrons. The first-order valence-electron chi connectivity index (χ1n) is 5.79. The maximum atomic E-state index is 13.4. The summed E-state index contributed by atoms with van der Waals surface area (Å²) in [5.74, 6) is 1.12. The smallest absolute Gasteiger partial charge is 0.144 e. The zero-order valence-corrected chi connectivity index (χ0v) is 9.94. The van der Waals surface area contributed by atoms with Crippen LogP contribution >= 0.6 is 0 Å². The Bertz CT molecular complexity index is 516. The van der Waals surface area contributed by atoms with E-state index in [0.717, 1.165) is 0 Å². The van der Waals surface area contributed by atoms with Crippen molar-refractivity contribution in [3.05, 3.63) is 53.7 Å². The topological polar surface area (TPSA) is 63.8 Å². The third kappa shape index (κ3) is 3.24. The van der Waals surface area contributed by atoms with E-state index in [4.69, 9.17) is 5.73 Å². The van der Waals surface area contributed by atoms with Gasteiger partial charge in [-0.05, 0) is 24.1 Å². The molecule has 0 atom stereocenters. The standard InChI is InChI=1S/C13H15FN4/c14-11-4-2-1-3-10(11)5-7-16-12-6-8-17-13(9-15)18-12/h1-4,6,8H,5,7,9,15H2,(H,16,17,18). The molecule has 3 N–H and O–H groups in total. The highest BCUT2D eigenvalue weighted by Gasteiger charge is 2.01. The number of hydrogen-bond donors (Lipinski definition) is 2. The van der Waals surface area contributed by atoms with Gasteiger partial charge in [0.05, 0.1) is 6.54 Å². The molecule has 1 heterocycles. The van der Waals surface area contributed by atoms with Crippen molar-refractivity contribution in [2.24, 2.45) is 5.73 Å². The van der Waals surface area contributed by atoms with Gasteiger partial charge in [-0.3, -0.25) is 0 Å². The van der Waals surface area contributed by atoms with Gasteiger partial charge < -0.3 is 11.1 Å². The minimum absolute atomic E-state index is 0.176. The van der Waals surface area contributed by atoms with Crippen LogP contribution in [0.1, 0.15) is 11.4 Å². The first-order chi connectivity index (χ1) is 8.79. The second kappa shape index (κ2) is 6.07. The lowest BCUT2D eigenvalue weighted by molar-refractivity contribution is 0.610. The normalized spacial score (nSPS) is 10.3. The van der Waals surface area contributed by atoms with Gasteiger partial charge in [-0.1, -0.05) is 18.2 Å². The van der Waals surface area contributed by atoms with Crippen molar-refractivity contribution in [1.82, 2.24) is 9.97 Å². The number of nitrogens with one attached hydrogen (secondary N) is 1. The molecule has 18 heavy (non-hydrogen) atoms. The molecule has 2 rings (SSSR count). The van der Waals surface area contributed by atoms with Crippen molar-refractivity contribution in [3.63, 3.8) is 0 Å². The van der Waals surface area contributed by atoms with Gasteiger partial charge in [-0.2, -0.15) is 0 Å². The fourth-order valence-electron chi connectivity index (χ4n) is 1.62. The Labute approximate surface area is 105 Å². The van der Waals surface area contributed by atoms with Crippen LogP contribution in [0.15, 0.2) is 36.5 Å². The molecule has 0 unspecified atom stereocenters. The number of nitrogens with zero attached hydrogens (tertiary/aromatic N) is 2. The van der Waals surface area contributed by atoms with Crippen molar-refractivity contribution in [2.45, 2.75) is 13.0 Å². The number of anilines is 1. The Morgan fingerprint density at radius 3 is 2.83 bits per heavy atom. The summed E-state index contributed by atoms with van der Waals surface area (Å²) in [6.45, 7) is 0.921. The maximum absolute atomic E-state index is 13.4. The van der Waals surface area contributed by atoms with E-state index in [2.05, 4.69) is 15.3 Å². The van der Waals surface area contributed by atoms with Crippen LogP contribution in [0.25, 0.3) is 0 Å². The SMILES string of the molecule is NCc1nccc(NCCc2ccccc2F)n1. The molecule has 0 saturated carbocycles. The minimum atomic E-state index is -0.176. The molecule has 0 aliphatic heterocycles. The summed E-state index contributed by atoms with van der Waals surface area (Å²) >= 11 is 0. The molecule has 0 bridgehead atoms. The molecule has 0 saturated heterocycles. The Morgan fingerprint density at radius 2 is 2.06 bits per heavy atom. The van der Waals surface area contributed by atoms with Crippen LogP contribution in [0.4, 0.5) is 10.2 Å². The largest absolute Gasteiger partial charge is 0.370 e. The molecular weight excluding hydrogens is 231 g/mol. The monoisotopic (exact) mass is 246 g/mol. The average molecular weight is 246 g/mol. The van der Waals surface area contributed by atoms with Crippen molar-refractivity contribution in [1.29, 1.82) is 0 Å². The van der Waals surface area contributed by atoms with Crippen molar-refractivity contribution in [2.75, 3.05) is 11.9 Å². The van der Waals surface area contributed by atoms with Crippen LogP contribution in [0, 0.1) is 5.82 Å². The van der Waals surface area contributed by atoms with Crippen LogP contribution in [0.2, 0.25) is 0 Å². The lowest BCUT2D eigenvalue weighted by atomic mass is 10.1. The Hall–Kier alpha value is -2.01. The highest BCUT2D eigenvalue weighted by atomic mass is 19.1. The van der Waals surface area contributed by atoms with Crippen LogP contribution in [0.5, 0.6) is 0 Å². The quantitative estimate of drug-likeness (QED) is 0.843. The molecule has 1 aromatic carbocycles. The van der Waals surface area contributed by atoms with Crippen LogP contribution < -0.4 is 11.1 Å². The van der Waals surface area contributed by atoms with Crippen LogP contribution in [-0.2, 0) is 13.0 Å². The van der Waals surface area contributed by atoms with Crippen LogP contribution in [-0.4, -0.2) is 16.5 Å². The van der Waals surface area contributed by atoms with Gasteiger partial charge in [0, 0.05) is 12.7 Å². The second-order valence-corrected chi connectivity index (χ2v) is 3.83. The van der Waals surface area contributed by atoms with E-state index in [1.165, 1.54) is 6.07 Å². The molecule has 1 aromatic heterocycles. The molecule has 2 aromatic rings. The van der Waals surface area contributed by atoms with Gasteiger partial charge in [-0.15, -0.1) is 0 Å². The Morgan fingerprint density at radius 1 is 1.22 bits per heavy atom. The first kappa shape index (κ1) is 12.4. The molecular formula is C13H15FN4. The molecule has 0 spiro atoms. The molecule has 0 amide bonds. The van der Waals surface area contributed by atoms with E-state index in [1.807, 2.05) is 6.07 Å². The van der Waals surface area contributed by atoms with Crippen LogP contribution in [0.3, 0.4) is 0 Å². The number of rotatable bonds is 5. The second-order valence-electron chi connectivity index (χ2n) is 3.83. The summed E-state index contributed by atoms with van der Waals surface area (Å²) in [5.41, 5.74) is 6.15. The molecule has 94 valence electrons. The predicted octanol–water partition coefficient (Wildman–Crippen LogP) is 1.73. The zero-order valence-electron chi connectivity index (χ0n) is 9.94. The molecule has 0 aliphatic rings. The lowest BCUT2D eigenvalue weighted by Gasteiger charge is -2.07. The fraction of sp³-hybridized carbons (Fsp3) is 0.231. The summed E-state index contributed by atoms with van der Waals surface area (Å²) in [6, 6.07) is 8.52. The van der Waals surface area contributed by atoms with Crippen molar-refractivity contribution < 1.29 is 4.39 Å². The van der Waals surface area contributed by atoms with E-state index in [9.17, 15) is 4.39 Å². The predicted molar refractivity (Wildman–Crippen MR) is 68.5 cm³/mol. The Kier molecular flexibility index (Phi) is 4.20. The zero-order chi connectivity index (χ0) is 12.8. The van der Waals surface area contributed by atoms with E-state index < -0.39 is 0 Å².